The van der Waals surface area contributed by atoms with E-state index in [0.717, 1.165) is 12.3 Å². The lowest BCUT2D eigenvalue weighted by Gasteiger charge is -2.23. The highest BCUT2D eigenvalue weighted by atomic mass is 16.3. The van der Waals surface area contributed by atoms with E-state index in [9.17, 15) is 4.79 Å². The molecule has 2 N–H and O–H groups in total. The van der Waals surface area contributed by atoms with E-state index in [4.69, 9.17) is 5.11 Å². The first-order valence-corrected chi connectivity index (χ1v) is 7.03. The molecule has 1 atom stereocenters. The lowest BCUT2D eigenvalue weighted by Crippen LogP contribution is -2.41. The Morgan fingerprint density at radius 1 is 1.29 bits per heavy atom. The Morgan fingerprint density at radius 3 is 2.47 bits per heavy atom. The molecule has 0 aromatic rings. The third-order valence-electron chi connectivity index (χ3n) is 3.85. The van der Waals surface area contributed by atoms with Gasteiger partial charge in [-0.3, -0.25) is 4.79 Å². The van der Waals surface area contributed by atoms with Crippen molar-refractivity contribution in [1.29, 1.82) is 0 Å². The van der Waals surface area contributed by atoms with E-state index >= 15 is 0 Å². The summed E-state index contributed by atoms with van der Waals surface area (Å²) in [5.41, 5.74) is 0. The monoisotopic (exact) mass is 241 g/mol. The van der Waals surface area contributed by atoms with Crippen LogP contribution in [-0.4, -0.2) is 23.7 Å². The second-order valence-corrected chi connectivity index (χ2v) is 5.64. The molecule has 0 aliphatic heterocycles. The molecular formula is C14H27NO2. The molecule has 0 unspecified atom stereocenters. The van der Waals surface area contributed by atoms with Gasteiger partial charge >= 0.3 is 0 Å². The fraction of sp³-hybridized carbons (Fsp3) is 0.929. The molecule has 3 heteroatoms. The summed E-state index contributed by atoms with van der Waals surface area (Å²) in [6.45, 7) is 4.07. The van der Waals surface area contributed by atoms with Crippen molar-refractivity contribution < 1.29 is 9.90 Å². The maximum absolute atomic E-state index is 11.7. The summed E-state index contributed by atoms with van der Waals surface area (Å²) in [6, 6.07) is -0.0890. The Kier molecular flexibility index (Phi) is 6.56. The van der Waals surface area contributed by atoms with Crippen LogP contribution in [0.4, 0.5) is 0 Å². The molecule has 1 aliphatic rings. The van der Waals surface area contributed by atoms with Crippen LogP contribution in [0.25, 0.3) is 0 Å². The first kappa shape index (κ1) is 14.5. The zero-order valence-corrected chi connectivity index (χ0v) is 11.2. The largest absolute Gasteiger partial charge is 0.394 e. The minimum absolute atomic E-state index is 0.0346. The molecule has 3 nitrogen and oxygen atoms in total. The van der Waals surface area contributed by atoms with Gasteiger partial charge in [0.2, 0.25) is 5.91 Å². The molecule has 0 radical (unpaired) electrons. The van der Waals surface area contributed by atoms with Gasteiger partial charge in [-0.05, 0) is 18.3 Å². The number of amides is 1. The van der Waals surface area contributed by atoms with E-state index in [1.165, 1.54) is 32.1 Å². The van der Waals surface area contributed by atoms with E-state index in [1.54, 1.807) is 0 Å². The topological polar surface area (TPSA) is 49.3 Å². The van der Waals surface area contributed by atoms with Gasteiger partial charge in [0.25, 0.3) is 0 Å². The third-order valence-corrected chi connectivity index (χ3v) is 3.85. The molecule has 0 spiro atoms. The van der Waals surface area contributed by atoms with E-state index in [0.29, 0.717) is 12.3 Å². The van der Waals surface area contributed by atoms with Crippen LogP contribution in [-0.2, 0) is 4.79 Å². The molecule has 1 aliphatic carbocycles. The molecule has 1 amide bonds. The molecule has 0 heterocycles. The fourth-order valence-corrected chi connectivity index (χ4v) is 2.51. The van der Waals surface area contributed by atoms with Gasteiger partial charge in [-0.15, -0.1) is 0 Å². The first-order chi connectivity index (χ1) is 8.13. The Balaban J connectivity index is 2.19. The van der Waals surface area contributed by atoms with E-state index < -0.39 is 0 Å². The number of hydrogen-bond donors (Lipinski definition) is 2. The average molecular weight is 241 g/mol. The standard InChI is InChI=1S/C14H27NO2/c1-11(2)13(10-16)15-14(17)9-8-12-6-4-3-5-7-12/h11-13,16H,3-10H2,1-2H3,(H,15,17)/t13-/m1/s1. The van der Waals surface area contributed by atoms with Gasteiger partial charge < -0.3 is 10.4 Å². The van der Waals surface area contributed by atoms with Crippen LogP contribution < -0.4 is 5.32 Å². The molecule has 1 rings (SSSR count). The zero-order valence-electron chi connectivity index (χ0n) is 11.2. The van der Waals surface area contributed by atoms with Gasteiger partial charge in [0.15, 0.2) is 0 Å². The zero-order chi connectivity index (χ0) is 12.7. The van der Waals surface area contributed by atoms with Crippen LogP contribution in [0.3, 0.4) is 0 Å². The van der Waals surface area contributed by atoms with Gasteiger partial charge in [-0.1, -0.05) is 46.0 Å². The Bertz CT molecular complexity index is 222. The van der Waals surface area contributed by atoms with Crippen molar-refractivity contribution in [3.63, 3.8) is 0 Å². The summed E-state index contributed by atoms with van der Waals surface area (Å²) >= 11 is 0. The molecule has 17 heavy (non-hydrogen) atoms. The number of aliphatic hydroxyl groups excluding tert-OH is 1. The Morgan fingerprint density at radius 2 is 1.94 bits per heavy atom. The number of carbonyl (C=O) groups is 1. The number of aliphatic hydroxyl groups is 1. The lowest BCUT2D eigenvalue weighted by molar-refractivity contribution is -0.122. The average Bonchev–Trinajstić information content (AvgIpc) is 2.34. The van der Waals surface area contributed by atoms with Crippen molar-refractivity contribution in [2.75, 3.05) is 6.61 Å². The second kappa shape index (κ2) is 7.70. The van der Waals surface area contributed by atoms with Crippen LogP contribution in [0.5, 0.6) is 0 Å². The maximum atomic E-state index is 11.7. The lowest BCUT2D eigenvalue weighted by atomic mass is 9.86. The van der Waals surface area contributed by atoms with Crippen molar-refractivity contribution in [2.24, 2.45) is 11.8 Å². The first-order valence-electron chi connectivity index (χ1n) is 7.03. The SMILES string of the molecule is CC(C)[C@@H](CO)NC(=O)CCC1CCCCC1. The molecule has 0 bridgehead atoms. The highest BCUT2D eigenvalue weighted by Crippen LogP contribution is 2.27. The second-order valence-electron chi connectivity index (χ2n) is 5.64. The van der Waals surface area contributed by atoms with Crippen molar-refractivity contribution in [3.8, 4) is 0 Å². The van der Waals surface area contributed by atoms with E-state index in [2.05, 4.69) is 5.32 Å². The fourth-order valence-electron chi connectivity index (χ4n) is 2.51. The normalized spacial score (nSPS) is 19.3. The van der Waals surface area contributed by atoms with Gasteiger partial charge in [0, 0.05) is 6.42 Å². The summed E-state index contributed by atoms with van der Waals surface area (Å²) in [5.74, 6) is 1.14. The molecule has 0 aromatic heterocycles. The Labute approximate surface area is 105 Å². The summed E-state index contributed by atoms with van der Waals surface area (Å²) in [5, 5.41) is 12.1. The predicted octanol–water partition coefficient (Wildman–Crippen LogP) is 2.48. The molecule has 1 saturated carbocycles. The van der Waals surface area contributed by atoms with Gasteiger partial charge in [0.1, 0.15) is 0 Å². The van der Waals surface area contributed by atoms with Crippen molar-refractivity contribution in [3.05, 3.63) is 0 Å². The van der Waals surface area contributed by atoms with Crippen molar-refractivity contribution in [1.82, 2.24) is 5.32 Å². The van der Waals surface area contributed by atoms with E-state index in [1.807, 2.05) is 13.8 Å². The Hall–Kier alpha value is -0.570. The highest BCUT2D eigenvalue weighted by molar-refractivity contribution is 5.76. The third kappa shape index (κ3) is 5.53. The molecule has 0 saturated heterocycles. The maximum Gasteiger partial charge on any atom is 0.220 e. The van der Waals surface area contributed by atoms with Crippen LogP contribution >= 0.6 is 0 Å². The summed E-state index contributed by atoms with van der Waals surface area (Å²) in [7, 11) is 0. The number of carbonyl (C=O) groups excluding carboxylic acids is 1. The van der Waals surface area contributed by atoms with Crippen LogP contribution in [0.1, 0.15) is 58.8 Å². The predicted molar refractivity (Wildman–Crippen MR) is 69.7 cm³/mol. The van der Waals surface area contributed by atoms with Gasteiger partial charge in [-0.25, -0.2) is 0 Å². The van der Waals surface area contributed by atoms with Crippen molar-refractivity contribution >= 4 is 5.91 Å². The summed E-state index contributed by atoms with van der Waals surface area (Å²) in [6.07, 6.45) is 8.25. The quantitative estimate of drug-likeness (QED) is 0.750. The van der Waals surface area contributed by atoms with Crippen LogP contribution in [0, 0.1) is 11.8 Å². The number of hydrogen-bond acceptors (Lipinski definition) is 2. The van der Waals surface area contributed by atoms with Crippen molar-refractivity contribution in [2.45, 2.75) is 64.8 Å². The highest BCUT2D eigenvalue weighted by Gasteiger charge is 2.17. The molecular weight excluding hydrogens is 214 g/mol. The van der Waals surface area contributed by atoms with Crippen LogP contribution in [0.15, 0.2) is 0 Å². The van der Waals surface area contributed by atoms with Crippen LogP contribution in [0.2, 0.25) is 0 Å². The van der Waals surface area contributed by atoms with Gasteiger partial charge in [-0.2, -0.15) is 0 Å². The summed E-state index contributed by atoms with van der Waals surface area (Å²) < 4.78 is 0. The van der Waals surface area contributed by atoms with Gasteiger partial charge in [0.05, 0.1) is 12.6 Å². The minimum atomic E-state index is -0.0890. The number of rotatable bonds is 6. The molecule has 0 aromatic carbocycles. The molecule has 100 valence electrons. The summed E-state index contributed by atoms with van der Waals surface area (Å²) in [4.78, 5) is 11.7. The van der Waals surface area contributed by atoms with E-state index in [-0.39, 0.29) is 18.6 Å². The number of nitrogens with one attached hydrogen (secondary N) is 1. The minimum Gasteiger partial charge on any atom is -0.394 e. The smallest absolute Gasteiger partial charge is 0.220 e. The molecule has 1 fully saturated rings.